The van der Waals surface area contributed by atoms with Gasteiger partial charge in [-0.15, -0.1) is 0 Å². The summed E-state index contributed by atoms with van der Waals surface area (Å²) in [5, 5.41) is 0. The number of carbonyl (C=O) groups excluding carboxylic acids is 1. The minimum Gasteiger partial charge on any atom is -0.460 e. The predicted molar refractivity (Wildman–Crippen MR) is 61.5 cm³/mol. The van der Waals surface area contributed by atoms with Crippen LogP contribution in [0.25, 0.3) is 0 Å². The van der Waals surface area contributed by atoms with Gasteiger partial charge in [-0.25, -0.2) is 4.98 Å². The summed E-state index contributed by atoms with van der Waals surface area (Å²) in [5.41, 5.74) is 0.266. The first-order valence-corrected chi connectivity index (χ1v) is 5.49. The molecule has 0 bridgehead atoms. The lowest BCUT2D eigenvalue weighted by Crippen LogP contribution is -2.25. The predicted octanol–water partition coefficient (Wildman–Crippen LogP) is 2.73. The van der Waals surface area contributed by atoms with Crippen LogP contribution >= 0.6 is 15.9 Å². The molecule has 0 aliphatic rings. The number of carbonyl (C=O) groups is 1. The molecule has 0 radical (unpaired) electrons. The molecule has 0 aromatic carbocycles. The lowest BCUT2D eigenvalue weighted by atomic mass is 10.2. The molecule has 1 aromatic rings. The van der Waals surface area contributed by atoms with E-state index in [0.717, 1.165) is 4.60 Å². The van der Waals surface area contributed by atoms with Gasteiger partial charge in [0.1, 0.15) is 10.2 Å². The number of hydrogen-bond acceptors (Lipinski definition) is 3. The number of nitrogens with zero attached hydrogens (tertiary/aromatic N) is 1. The Kier molecular flexibility index (Phi) is 3.85. The van der Waals surface area contributed by atoms with Gasteiger partial charge in [0.05, 0.1) is 12.1 Å². The van der Waals surface area contributed by atoms with E-state index in [1.54, 1.807) is 6.07 Å². The average molecular weight is 272 g/mol. The van der Waals surface area contributed by atoms with Crippen LogP contribution in [0.3, 0.4) is 0 Å². The lowest BCUT2D eigenvalue weighted by molar-refractivity contribution is -0.153. The first-order chi connectivity index (χ1) is 6.87. The van der Waals surface area contributed by atoms with Crippen molar-refractivity contribution in [3.8, 4) is 0 Å². The Morgan fingerprint density at radius 3 is 2.67 bits per heavy atom. The zero-order valence-electron chi connectivity index (χ0n) is 9.08. The summed E-state index contributed by atoms with van der Waals surface area (Å²) in [6.45, 7) is 5.54. The third-order valence-corrected chi connectivity index (χ3v) is 1.96. The normalized spacial score (nSPS) is 11.2. The van der Waals surface area contributed by atoms with E-state index in [9.17, 15) is 4.79 Å². The van der Waals surface area contributed by atoms with Crippen LogP contribution < -0.4 is 0 Å². The molecule has 82 valence electrons. The van der Waals surface area contributed by atoms with Gasteiger partial charge in [0.2, 0.25) is 0 Å². The van der Waals surface area contributed by atoms with E-state index in [-0.39, 0.29) is 12.4 Å². The number of rotatable bonds is 2. The Labute approximate surface area is 98.0 Å². The highest BCUT2D eigenvalue weighted by molar-refractivity contribution is 9.10. The standard InChI is InChI=1S/C11H14BrNO2/c1-11(2,3)15-10(14)7-8-5-4-6-9(12)13-8/h4-6H,7H2,1-3H3. The third-order valence-electron chi connectivity index (χ3n) is 1.52. The number of halogens is 1. The van der Waals surface area contributed by atoms with Crippen molar-refractivity contribution in [1.82, 2.24) is 4.98 Å². The van der Waals surface area contributed by atoms with Crippen molar-refractivity contribution in [1.29, 1.82) is 0 Å². The van der Waals surface area contributed by atoms with Gasteiger partial charge in [-0.05, 0) is 48.8 Å². The molecule has 0 spiro atoms. The van der Waals surface area contributed by atoms with Gasteiger partial charge in [-0.1, -0.05) is 6.07 Å². The second-order valence-electron chi connectivity index (χ2n) is 4.21. The van der Waals surface area contributed by atoms with Crippen LogP contribution in [0.15, 0.2) is 22.8 Å². The van der Waals surface area contributed by atoms with E-state index in [1.165, 1.54) is 0 Å². The molecule has 15 heavy (non-hydrogen) atoms. The molecule has 0 aliphatic carbocycles. The summed E-state index contributed by atoms with van der Waals surface area (Å²) in [4.78, 5) is 15.6. The second kappa shape index (κ2) is 4.75. The lowest BCUT2D eigenvalue weighted by Gasteiger charge is -2.19. The monoisotopic (exact) mass is 271 g/mol. The molecular formula is C11H14BrNO2. The van der Waals surface area contributed by atoms with E-state index >= 15 is 0 Å². The first-order valence-electron chi connectivity index (χ1n) is 4.70. The molecular weight excluding hydrogens is 258 g/mol. The van der Waals surface area contributed by atoms with Crippen LogP contribution in [0.1, 0.15) is 26.5 Å². The fourth-order valence-electron chi connectivity index (χ4n) is 1.07. The van der Waals surface area contributed by atoms with Crippen molar-refractivity contribution in [3.05, 3.63) is 28.5 Å². The second-order valence-corrected chi connectivity index (χ2v) is 5.03. The number of aromatic nitrogens is 1. The van der Waals surface area contributed by atoms with Crippen LogP contribution in [0.2, 0.25) is 0 Å². The van der Waals surface area contributed by atoms with Crippen molar-refractivity contribution in [2.75, 3.05) is 0 Å². The third kappa shape index (κ3) is 4.93. The van der Waals surface area contributed by atoms with Gasteiger partial charge in [-0.3, -0.25) is 4.79 Å². The summed E-state index contributed by atoms with van der Waals surface area (Å²) >= 11 is 3.25. The molecule has 1 rings (SSSR count). The Bertz CT molecular complexity index is 358. The van der Waals surface area contributed by atoms with Crippen molar-refractivity contribution in [2.45, 2.75) is 32.8 Å². The molecule has 0 unspecified atom stereocenters. The van der Waals surface area contributed by atoms with Crippen molar-refractivity contribution < 1.29 is 9.53 Å². The average Bonchev–Trinajstić information content (AvgIpc) is 1.99. The highest BCUT2D eigenvalue weighted by atomic mass is 79.9. The van der Waals surface area contributed by atoms with Crippen LogP contribution in [-0.4, -0.2) is 16.6 Å². The molecule has 0 atom stereocenters. The Balaban J connectivity index is 2.59. The van der Waals surface area contributed by atoms with Crippen LogP contribution in [0.4, 0.5) is 0 Å². The van der Waals surface area contributed by atoms with Crippen molar-refractivity contribution >= 4 is 21.9 Å². The number of esters is 1. The maximum Gasteiger partial charge on any atom is 0.312 e. The minimum absolute atomic E-state index is 0.205. The van der Waals surface area contributed by atoms with Gasteiger partial charge >= 0.3 is 5.97 Å². The molecule has 0 amide bonds. The zero-order chi connectivity index (χ0) is 11.5. The molecule has 1 heterocycles. The Hall–Kier alpha value is -0.900. The topological polar surface area (TPSA) is 39.2 Å². The summed E-state index contributed by atoms with van der Waals surface area (Å²) in [6.07, 6.45) is 0.205. The van der Waals surface area contributed by atoms with Gasteiger partial charge in [0.15, 0.2) is 0 Å². The van der Waals surface area contributed by atoms with Crippen LogP contribution in [-0.2, 0) is 16.0 Å². The molecule has 0 N–H and O–H groups in total. The van der Waals surface area contributed by atoms with E-state index in [1.807, 2.05) is 32.9 Å². The fraction of sp³-hybridized carbons (Fsp3) is 0.455. The first kappa shape index (κ1) is 12.2. The number of ether oxygens (including phenoxy) is 1. The van der Waals surface area contributed by atoms with Crippen molar-refractivity contribution in [2.24, 2.45) is 0 Å². The smallest absolute Gasteiger partial charge is 0.312 e. The molecule has 4 heteroatoms. The zero-order valence-corrected chi connectivity index (χ0v) is 10.7. The van der Waals surface area contributed by atoms with Gasteiger partial charge in [-0.2, -0.15) is 0 Å². The molecule has 0 saturated heterocycles. The molecule has 1 aromatic heterocycles. The maximum atomic E-state index is 11.5. The van der Waals surface area contributed by atoms with Crippen LogP contribution in [0.5, 0.6) is 0 Å². The fourth-order valence-corrected chi connectivity index (χ4v) is 1.45. The van der Waals surface area contributed by atoms with E-state index in [2.05, 4.69) is 20.9 Å². The van der Waals surface area contributed by atoms with E-state index in [4.69, 9.17) is 4.74 Å². The summed E-state index contributed by atoms with van der Waals surface area (Å²) in [7, 11) is 0. The number of hydrogen-bond donors (Lipinski definition) is 0. The number of pyridine rings is 1. The maximum absolute atomic E-state index is 11.5. The highest BCUT2D eigenvalue weighted by Gasteiger charge is 2.16. The summed E-state index contributed by atoms with van der Waals surface area (Å²) in [5.74, 6) is -0.256. The Morgan fingerprint density at radius 2 is 2.13 bits per heavy atom. The van der Waals surface area contributed by atoms with Gasteiger partial charge < -0.3 is 4.74 Å². The van der Waals surface area contributed by atoms with Crippen LogP contribution in [0, 0.1) is 0 Å². The van der Waals surface area contributed by atoms with Gasteiger partial charge in [0, 0.05) is 0 Å². The molecule has 0 saturated carbocycles. The van der Waals surface area contributed by atoms with E-state index in [0.29, 0.717) is 5.69 Å². The molecule has 3 nitrogen and oxygen atoms in total. The Morgan fingerprint density at radius 1 is 1.47 bits per heavy atom. The summed E-state index contributed by atoms with van der Waals surface area (Å²) in [6, 6.07) is 5.46. The highest BCUT2D eigenvalue weighted by Crippen LogP contribution is 2.11. The van der Waals surface area contributed by atoms with Gasteiger partial charge in [0.25, 0.3) is 0 Å². The quantitative estimate of drug-likeness (QED) is 0.613. The largest absolute Gasteiger partial charge is 0.460 e. The SMILES string of the molecule is CC(C)(C)OC(=O)Cc1cccc(Br)n1. The summed E-state index contributed by atoms with van der Waals surface area (Å²) < 4.78 is 5.91. The van der Waals surface area contributed by atoms with Crippen molar-refractivity contribution in [3.63, 3.8) is 0 Å². The molecule has 0 fully saturated rings. The minimum atomic E-state index is -0.441. The van der Waals surface area contributed by atoms with E-state index < -0.39 is 5.60 Å². The molecule has 0 aliphatic heterocycles.